The summed E-state index contributed by atoms with van der Waals surface area (Å²) in [6, 6.07) is 16.4. The van der Waals surface area contributed by atoms with Gasteiger partial charge in [-0.1, -0.05) is 32.0 Å². The summed E-state index contributed by atoms with van der Waals surface area (Å²) in [7, 11) is 6.25. The molecule has 6 atom stereocenters. The average molecular weight is 539 g/mol. The zero-order chi connectivity index (χ0) is 28.3. The van der Waals surface area contributed by atoms with E-state index >= 15 is 0 Å². The van der Waals surface area contributed by atoms with Crippen LogP contribution in [0.25, 0.3) is 0 Å². The van der Waals surface area contributed by atoms with E-state index in [2.05, 4.69) is 13.8 Å². The van der Waals surface area contributed by atoms with Crippen molar-refractivity contribution in [2.45, 2.75) is 45.2 Å². The normalized spacial score (nSPS) is 22.2. The van der Waals surface area contributed by atoms with Crippen LogP contribution >= 0.6 is 0 Å². The van der Waals surface area contributed by atoms with Crippen molar-refractivity contribution < 1.29 is 38.6 Å². The van der Waals surface area contributed by atoms with Crippen molar-refractivity contribution in [1.82, 2.24) is 0 Å². The van der Waals surface area contributed by atoms with Gasteiger partial charge in [0.2, 0.25) is 0 Å². The van der Waals surface area contributed by atoms with Crippen molar-refractivity contribution in [1.29, 1.82) is 0 Å². The van der Waals surface area contributed by atoms with Gasteiger partial charge in [-0.3, -0.25) is 0 Å². The van der Waals surface area contributed by atoms with Gasteiger partial charge in [0.05, 0.1) is 40.6 Å². The first-order chi connectivity index (χ1) is 18.7. The van der Waals surface area contributed by atoms with Gasteiger partial charge in [-0.05, 0) is 71.8 Å². The maximum absolute atomic E-state index is 11.0. The van der Waals surface area contributed by atoms with Crippen molar-refractivity contribution in [3.63, 3.8) is 0 Å². The molecule has 2 unspecified atom stereocenters. The Morgan fingerprint density at radius 3 is 1.77 bits per heavy atom. The highest BCUT2D eigenvalue weighted by atomic mass is 16.5. The van der Waals surface area contributed by atoms with E-state index in [9.17, 15) is 10.2 Å². The molecule has 1 aliphatic rings. The van der Waals surface area contributed by atoms with Gasteiger partial charge >= 0.3 is 0 Å². The molecule has 0 spiro atoms. The van der Waals surface area contributed by atoms with Crippen LogP contribution in [-0.4, -0.2) is 44.8 Å². The molecular formula is C31H38O8. The highest BCUT2D eigenvalue weighted by Gasteiger charge is 2.41. The van der Waals surface area contributed by atoms with Gasteiger partial charge in [0.25, 0.3) is 0 Å². The summed E-state index contributed by atoms with van der Waals surface area (Å²) in [6.45, 7) is 6.14. The third-order valence-electron chi connectivity index (χ3n) is 7.63. The molecule has 1 fully saturated rings. The number of aromatic hydroxyl groups is 1. The SMILES string of the molecule is COc1cc([C@@H]2O[C@@H](c3ccc(OC(C)C(O)c4ccc(OC)c(OC)c4)c(OC)c3)[C@@H](C)[C@@H]2C)ccc1O. The highest BCUT2D eigenvalue weighted by molar-refractivity contribution is 5.46. The molecule has 8 nitrogen and oxygen atoms in total. The Kier molecular flexibility index (Phi) is 8.77. The third kappa shape index (κ3) is 5.72. The second-order valence-corrected chi connectivity index (χ2v) is 9.92. The molecule has 1 saturated heterocycles. The quantitative estimate of drug-likeness (QED) is 0.324. The van der Waals surface area contributed by atoms with E-state index < -0.39 is 12.2 Å². The van der Waals surface area contributed by atoms with E-state index in [1.165, 1.54) is 7.11 Å². The van der Waals surface area contributed by atoms with Gasteiger partial charge in [0.1, 0.15) is 12.2 Å². The number of aliphatic hydroxyl groups excluding tert-OH is 1. The highest BCUT2D eigenvalue weighted by Crippen LogP contribution is 2.50. The number of methoxy groups -OCH3 is 4. The van der Waals surface area contributed by atoms with E-state index in [1.54, 1.807) is 52.5 Å². The molecule has 0 bridgehead atoms. The summed E-state index contributed by atoms with van der Waals surface area (Å²) in [4.78, 5) is 0. The molecule has 8 heteroatoms. The monoisotopic (exact) mass is 538 g/mol. The molecule has 1 aliphatic heterocycles. The van der Waals surface area contributed by atoms with Crippen LogP contribution in [0.3, 0.4) is 0 Å². The van der Waals surface area contributed by atoms with Crippen molar-refractivity contribution in [2.24, 2.45) is 11.8 Å². The topological polar surface area (TPSA) is 95.8 Å². The lowest BCUT2D eigenvalue weighted by molar-refractivity contribution is 0.0284. The van der Waals surface area contributed by atoms with Gasteiger partial charge in [-0.2, -0.15) is 0 Å². The summed E-state index contributed by atoms with van der Waals surface area (Å²) < 4.78 is 34.3. The molecule has 0 aromatic heterocycles. The fourth-order valence-corrected chi connectivity index (χ4v) is 5.12. The Morgan fingerprint density at radius 1 is 0.667 bits per heavy atom. The molecule has 3 aromatic rings. The third-order valence-corrected chi connectivity index (χ3v) is 7.63. The summed E-state index contributed by atoms with van der Waals surface area (Å²) in [5, 5.41) is 21.0. The molecule has 210 valence electrons. The predicted octanol–water partition coefficient (Wildman–Crippen LogP) is 6.01. The van der Waals surface area contributed by atoms with Gasteiger partial charge in [0, 0.05) is 0 Å². The second kappa shape index (κ2) is 12.1. The molecule has 4 rings (SSSR count). The summed E-state index contributed by atoms with van der Waals surface area (Å²) in [6.07, 6.45) is -1.80. The zero-order valence-electron chi connectivity index (χ0n) is 23.5. The van der Waals surface area contributed by atoms with Crippen molar-refractivity contribution in [2.75, 3.05) is 28.4 Å². The lowest BCUT2D eigenvalue weighted by Gasteiger charge is -2.24. The first kappa shape index (κ1) is 28.4. The Labute approximate surface area is 230 Å². The smallest absolute Gasteiger partial charge is 0.161 e. The minimum atomic E-state index is -0.906. The van der Waals surface area contributed by atoms with E-state index in [1.807, 2.05) is 30.3 Å². The fraction of sp³-hybridized carbons (Fsp3) is 0.419. The molecule has 3 aromatic carbocycles. The average Bonchev–Trinajstić information content (AvgIpc) is 3.26. The number of rotatable bonds is 10. The molecule has 1 heterocycles. The van der Waals surface area contributed by atoms with Gasteiger partial charge < -0.3 is 38.6 Å². The predicted molar refractivity (Wildman–Crippen MR) is 147 cm³/mol. The minimum Gasteiger partial charge on any atom is -0.504 e. The molecule has 0 radical (unpaired) electrons. The van der Waals surface area contributed by atoms with E-state index in [-0.39, 0.29) is 29.8 Å². The largest absolute Gasteiger partial charge is 0.504 e. The lowest BCUT2D eigenvalue weighted by atomic mass is 9.85. The summed E-state index contributed by atoms with van der Waals surface area (Å²) >= 11 is 0. The van der Waals surface area contributed by atoms with E-state index in [0.29, 0.717) is 34.3 Å². The van der Waals surface area contributed by atoms with Crippen LogP contribution in [0.5, 0.6) is 34.5 Å². The van der Waals surface area contributed by atoms with Crippen LogP contribution in [0.1, 0.15) is 55.8 Å². The first-order valence-electron chi connectivity index (χ1n) is 13.0. The molecule has 0 amide bonds. The van der Waals surface area contributed by atoms with Crippen LogP contribution in [0.2, 0.25) is 0 Å². The van der Waals surface area contributed by atoms with E-state index in [0.717, 1.165) is 11.1 Å². The number of phenolic OH excluding ortho intramolecular Hbond substituents is 1. The number of hydrogen-bond acceptors (Lipinski definition) is 8. The van der Waals surface area contributed by atoms with Crippen LogP contribution in [0.15, 0.2) is 54.6 Å². The molecule has 0 aliphatic carbocycles. The number of aliphatic hydroxyl groups is 1. The molecule has 2 N–H and O–H groups in total. The molecule has 0 saturated carbocycles. The number of phenols is 1. The van der Waals surface area contributed by atoms with Crippen LogP contribution < -0.4 is 23.7 Å². The Bertz CT molecular complexity index is 1280. The van der Waals surface area contributed by atoms with E-state index in [4.69, 9.17) is 28.4 Å². The van der Waals surface area contributed by atoms with Crippen molar-refractivity contribution >= 4 is 0 Å². The summed E-state index contributed by atoms with van der Waals surface area (Å²) in [5.74, 6) is 3.16. The lowest BCUT2D eigenvalue weighted by Crippen LogP contribution is -2.22. The Hall–Kier alpha value is -3.62. The summed E-state index contributed by atoms with van der Waals surface area (Å²) in [5.41, 5.74) is 2.58. The maximum Gasteiger partial charge on any atom is 0.161 e. The Balaban J connectivity index is 1.52. The van der Waals surface area contributed by atoms with Gasteiger partial charge in [-0.15, -0.1) is 0 Å². The number of hydrogen-bond donors (Lipinski definition) is 2. The molecule has 39 heavy (non-hydrogen) atoms. The van der Waals surface area contributed by atoms with Crippen LogP contribution in [0, 0.1) is 11.8 Å². The zero-order valence-corrected chi connectivity index (χ0v) is 23.5. The number of benzene rings is 3. The van der Waals surface area contributed by atoms with Gasteiger partial charge in [0.15, 0.2) is 34.5 Å². The van der Waals surface area contributed by atoms with Crippen molar-refractivity contribution in [3.05, 3.63) is 71.3 Å². The fourth-order valence-electron chi connectivity index (χ4n) is 5.12. The molecular weight excluding hydrogens is 500 g/mol. The Morgan fingerprint density at radius 2 is 1.18 bits per heavy atom. The van der Waals surface area contributed by atoms with Crippen molar-refractivity contribution in [3.8, 4) is 34.5 Å². The number of ether oxygens (including phenoxy) is 6. The van der Waals surface area contributed by atoms with Gasteiger partial charge in [-0.25, -0.2) is 0 Å². The standard InChI is InChI=1S/C31H38O8/c1-17-18(2)31(39-30(17)21-8-11-23(32)26(15-21)35-5)22-10-13-25(28(16-22)37-7)38-19(3)29(33)20-9-12-24(34-4)27(14-20)36-6/h8-19,29-33H,1-7H3/t17-,18-,19?,29?,30+,31+/m0/s1. The first-order valence-corrected chi connectivity index (χ1v) is 13.0. The second-order valence-electron chi connectivity index (χ2n) is 9.92. The minimum absolute atomic E-state index is 0.0994. The maximum atomic E-state index is 11.0. The van der Waals surface area contributed by atoms with Crippen LogP contribution in [0.4, 0.5) is 0 Å². The van der Waals surface area contributed by atoms with Crippen LogP contribution in [-0.2, 0) is 4.74 Å².